The summed E-state index contributed by atoms with van der Waals surface area (Å²) in [6.07, 6.45) is 6.57. The van der Waals surface area contributed by atoms with Crippen molar-refractivity contribution in [3.63, 3.8) is 0 Å². The van der Waals surface area contributed by atoms with Crippen LogP contribution in [-0.4, -0.2) is 19.1 Å². The van der Waals surface area contributed by atoms with Crippen LogP contribution in [-0.2, 0) is 20.0 Å². The van der Waals surface area contributed by atoms with Crippen LogP contribution in [0.5, 0.6) is 0 Å². The van der Waals surface area contributed by atoms with Crippen molar-refractivity contribution in [2.75, 3.05) is 5.73 Å². The zero-order valence-corrected chi connectivity index (χ0v) is 9.01. The van der Waals surface area contributed by atoms with E-state index in [0.29, 0.717) is 5.95 Å². The highest BCUT2D eigenvalue weighted by Gasteiger charge is 2.03. The first kappa shape index (κ1) is 9.76. The third kappa shape index (κ3) is 2.01. The minimum Gasteiger partial charge on any atom is -0.369 e. The van der Waals surface area contributed by atoms with Crippen LogP contribution >= 0.6 is 0 Å². The molecule has 2 N–H and O–H groups in total. The molecule has 0 bridgehead atoms. The Bertz CT molecular complexity index is 454. The minimum absolute atomic E-state index is 0.571. The fourth-order valence-corrected chi connectivity index (χ4v) is 1.60. The van der Waals surface area contributed by atoms with Crippen LogP contribution in [0.15, 0.2) is 18.6 Å². The molecule has 0 fully saturated rings. The maximum Gasteiger partial charge on any atom is 0.200 e. The van der Waals surface area contributed by atoms with Gasteiger partial charge in [-0.05, 0) is 6.92 Å². The Morgan fingerprint density at radius 2 is 2.27 bits per heavy atom. The molecule has 2 aromatic rings. The summed E-state index contributed by atoms with van der Waals surface area (Å²) < 4.78 is 3.96. The van der Waals surface area contributed by atoms with Gasteiger partial charge < -0.3 is 14.9 Å². The van der Waals surface area contributed by atoms with E-state index in [4.69, 9.17) is 5.73 Å². The van der Waals surface area contributed by atoms with Crippen LogP contribution in [0.1, 0.15) is 11.5 Å². The van der Waals surface area contributed by atoms with Gasteiger partial charge in [-0.3, -0.25) is 0 Å². The SMILES string of the molecule is Cc1cn(CCc2nccn2C)c(N)n1. The van der Waals surface area contributed by atoms with Gasteiger partial charge in [0.15, 0.2) is 5.95 Å². The predicted molar refractivity (Wildman–Crippen MR) is 58.3 cm³/mol. The molecular weight excluding hydrogens is 190 g/mol. The second-order valence-electron chi connectivity index (χ2n) is 3.64. The summed E-state index contributed by atoms with van der Waals surface area (Å²) >= 11 is 0. The average Bonchev–Trinajstić information content (AvgIpc) is 2.70. The molecular formula is C10H15N5. The maximum absolute atomic E-state index is 5.74. The van der Waals surface area contributed by atoms with Crippen LogP contribution < -0.4 is 5.73 Å². The van der Waals surface area contributed by atoms with Crippen molar-refractivity contribution in [2.45, 2.75) is 19.9 Å². The highest BCUT2D eigenvalue weighted by Crippen LogP contribution is 2.06. The van der Waals surface area contributed by atoms with E-state index in [1.54, 1.807) is 6.20 Å². The smallest absolute Gasteiger partial charge is 0.200 e. The largest absolute Gasteiger partial charge is 0.369 e. The standard InChI is InChI=1S/C10H15N5/c1-8-7-15(10(11)13-8)5-3-9-12-4-6-14(9)2/h4,6-7H,3,5H2,1-2H3,(H2,11,13). The van der Waals surface area contributed by atoms with E-state index >= 15 is 0 Å². The lowest BCUT2D eigenvalue weighted by atomic mass is 10.4. The molecule has 0 unspecified atom stereocenters. The number of hydrogen-bond acceptors (Lipinski definition) is 3. The summed E-state index contributed by atoms with van der Waals surface area (Å²) in [5, 5.41) is 0. The zero-order valence-electron chi connectivity index (χ0n) is 9.01. The highest BCUT2D eigenvalue weighted by molar-refractivity contribution is 5.21. The van der Waals surface area contributed by atoms with E-state index in [0.717, 1.165) is 24.5 Å². The van der Waals surface area contributed by atoms with E-state index in [2.05, 4.69) is 9.97 Å². The molecule has 5 nitrogen and oxygen atoms in total. The number of aromatic nitrogens is 4. The maximum atomic E-state index is 5.74. The van der Waals surface area contributed by atoms with Gasteiger partial charge in [0.1, 0.15) is 5.82 Å². The number of anilines is 1. The molecule has 0 amide bonds. The molecule has 0 aliphatic rings. The molecule has 0 radical (unpaired) electrons. The molecule has 2 rings (SSSR count). The second kappa shape index (κ2) is 3.76. The zero-order chi connectivity index (χ0) is 10.8. The Hall–Kier alpha value is -1.78. The predicted octanol–water partition coefficient (Wildman–Crippen LogP) is 0.750. The van der Waals surface area contributed by atoms with E-state index in [1.807, 2.05) is 35.5 Å². The van der Waals surface area contributed by atoms with Gasteiger partial charge in [0.05, 0.1) is 5.69 Å². The third-order valence-corrected chi connectivity index (χ3v) is 2.43. The molecule has 0 aliphatic heterocycles. The first-order valence-corrected chi connectivity index (χ1v) is 4.92. The molecule has 0 saturated carbocycles. The van der Waals surface area contributed by atoms with Gasteiger partial charge in [0, 0.05) is 38.6 Å². The van der Waals surface area contributed by atoms with Gasteiger partial charge in [-0.1, -0.05) is 0 Å². The van der Waals surface area contributed by atoms with Crippen molar-refractivity contribution in [1.29, 1.82) is 0 Å². The van der Waals surface area contributed by atoms with E-state index in [1.165, 1.54) is 0 Å². The van der Waals surface area contributed by atoms with Crippen LogP contribution in [0, 0.1) is 6.92 Å². The van der Waals surface area contributed by atoms with Crippen LogP contribution in [0.4, 0.5) is 5.95 Å². The second-order valence-corrected chi connectivity index (χ2v) is 3.64. The summed E-state index contributed by atoms with van der Waals surface area (Å²) in [6, 6.07) is 0. The van der Waals surface area contributed by atoms with Gasteiger partial charge in [-0.15, -0.1) is 0 Å². The van der Waals surface area contributed by atoms with E-state index in [9.17, 15) is 0 Å². The molecule has 15 heavy (non-hydrogen) atoms. The van der Waals surface area contributed by atoms with Crippen LogP contribution in [0.2, 0.25) is 0 Å². The van der Waals surface area contributed by atoms with Crippen LogP contribution in [0.3, 0.4) is 0 Å². The lowest BCUT2D eigenvalue weighted by Gasteiger charge is -2.04. The van der Waals surface area contributed by atoms with Gasteiger partial charge in [0.2, 0.25) is 0 Å². The number of imidazole rings is 2. The molecule has 5 heteroatoms. The lowest BCUT2D eigenvalue weighted by Crippen LogP contribution is -2.07. The Kier molecular flexibility index (Phi) is 2.45. The van der Waals surface area contributed by atoms with E-state index in [-0.39, 0.29) is 0 Å². The first-order valence-electron chi connectivity index (χ1n) is 4.92. The molecule has 0 aromatic carbocycles. The molecule has 2 aromatic heterocycles. The number of aryl methyl sites for hydroxylation is 4. The summed E-state index contributed by atoms with van der Waals surface area (Å²) in [4.78, 5) is 8.40. The minimum atomic E-state index is 0.571. The highest BCUT2D eigenvalue weighted by atomic mass is 15.1. The molecule has 0 aliphatic carbocycles. The summed E-state index contributed by atoms with van der Waals surface area (Å²) in [5.41, 5.74) is 6.69. The van der Waals surface area contributed by atoms with Crippen molar-refractivity contribution < 1.29 is 0 Å². The number of nitrogens with zero attached hydrogens (tertiary/aromatic N) is 4. The fourth-order valence-electron chi connectivity index (χ4n) is 1.60. The number of nitrogens with two attached hydrogens (primary N) is 1. The lowest BCUT2D eigenvalue weighted by molar-refractivity contribution is 0.657. The van der Waals surface area contributed by atoms with Gasteiger partial charge in [-0.2, -0.15) is 0 Å². The third-order valence-electron chi connectivity index (χ3n) is 2.43. The molecule has 2 heterocycles. The molecule has 0 saturated heterocycles. The van der Waals surface area contributed by atoms with E-state index < -0.39 is 0 Å². The Morgan fingerprint density at radius 1 is 1.47 bits per heavy atom. The molecule has 80 valence electrons. The van der Waals surface area contributed by atoms with Crippen molar-refractivity contribution in [1.82, 2.24) is 19.1 Å². The Morgan fingerprint density at radius 3 is 2.80 bits per heavy atom. The molecule has 0 spiro atoms. The average molecular weight is 205 g/mol. The normalized spacial score (nSPS) is 10.8. The Labute approximate surface area is 88.6 Å². The number of hydrogen-bond donors (Lipinski definition) is 1. The number of nitrogen functional groups attached to an aromatic ring is 1. The fraction of sp³-hybridized carbons (Fsp3) is 0.400. The van der Waals surface area contributed by atoms with Crippen molar-refractivity contribution in [3.05, 3.63) is 30.1 Å². The van der Waals surface area contributed by atoms with Gasteiger partial charge >= 0.3 is 0 Å². The van der Waals surface area contributed by atoms with Gasteiger partial charge in [0.25, 0.3) is 0 Å². The van der Waals surface area contributed by atoms with Crippen molar-refractivity contribution in [3.8, 4) is 0 Å². The van der Waals surface area contributed by atoms with Crippen molar-refractivity contribution >= 4 is 5.95 Å². The summed E-state index contributed by atoms with van der Waals surface area (Å²) in [5.74, 6) is 1.63. The topological polar surface area (TPSA) is 61.7 Å². The van der Waals surface area contributed by atoms with Crippen molar-refractivity contribution in [2.24, 2.45) is 7.05 Å². The van der Waals surface area contributed by atoms with Crippen LogP contribution in [0.25, 0.3) is 0 Å². The number of rotatable bonds is 3. The summed E-state index contributed by atoms with van der Waals surface area (Å²) in [6.45, 7) is 2.76. The first-order chi connectivity index (χ1) is 7.16. The Balaban J connectivity index is 2.05. The van der Waals surface area contributed by atoms with Gasteiger partial charge in [-0.25, -0.2) is 9.97 Å². The molecule has 0 atom stereocenters. The monoisotopic (exact) mass is 205 g/mol. The quantitative estimate of drug-likeness (QED) is 0.804. The summed E-state index contributed by atoms with van der Waals surface area (Å²) in [7, 11) is 1.99.